The summed E-state index contributed by atoms with van der Waals surface area (Å²) in [6.07, 6.45) is 8.78. The molecule has 110 valence electrons. The van der Waals surface area contributed by atoms with Gasteiger partial charge in [0.25, 0.3) is 0 Å². The third-order valence-electron chi connectivity index (χ3n) is 2.65. The van der Waals surface area contributed by atoms with E-state index in [1.54, 1.807) is 14.2 Å². The molecule has 0 aliphatic rings. The van der Waals surface area contributed by atoms with E-state index >= 15 is 0 Å². The second kappa shape index (κ2) is 31.7. The summed E-state index contributed by atoms with van der Waals surface area (Å²) >= 11 is -0.552. The van der Waals surface area contributed by atoms with Crippen molar-refractivity contribution in [1.82, 2.24) is 0 Å². The minimum absolute atomic E-state index is 0. The van der Waals surface area contributed by atoms with Crippen molar-refractivity contribution in [3.8, 4) is 0 Å². The molecule has 0 aliphatic heterocycles. The normalized spacial score (nSPS) is 7.50. The van der Waals surface area contributed by atoms with E-state index in [-0.39, 0.29) is 67.0 Å². The average Bonchev–Trinajstić information content (AvgIpc) is 2.17. The van der Waals surface area contributed by atoms with Gasteiger partial charge in [0.2, 0.25) is 0 Å². The summed E-state index contributed by atoms with van der Waals surface area (Å²) in [4.78, 5) is 0. The second-order valence-corrected chi connectivity index (χ2v) is 8.75. The molecule has 18 heavy (non-hydrogen) atoms. The molecular formula is C12H27AlCl4Ti. The van der Waals surface area contributed by atoms with E-state index in [0.717, 1.165) is 0 Å². The van der Waals surface area contributed by atoms with Crippen LogP contribution in [0.1, 0.15) is 59.3 Å². The average molecular weight is 388 g/mol. The molecule has 0 saturated carbocycles. The molecule has 0 N–H and O–H groups in total. The van der Waals surface area contributed by atoms with Crippen molar-refractivity contribution in [2.75, 3.05) is 0 Å². The van der Waals surface area contributed by atoms with Gasteiger partial charge in [0.15, 0.2) is 0 Å². The van der Waals surface area contributed by atoms with E-state index in [4.69, 9.17) is 0 Å². The summed E-state index contributed by atoms with van der Waals surface area (Å²) in [5, 5.41) is 0. The zero-order valence-electron chi connectivity index (χ0n) is 12.0. The van der Waals surface area contributed by atoms with Crippen LogP contribution < -0.4 is 49.6 Å². The second-order valence-electron chi connectivity index (χ2n) is 4.06. The van der Waals surface area contributed by atoms with E-state index in [1.807, 2.05) is 0 Å². The van der Waals surface area contributed by atoms with Gasteiger partial charge in [0.1, 0.15) is 0 Å². The molecule has 0 atom stereocenters. The smallest absolute Gasteiger partial charge is 1.00 e. The number of rotatable bonds is 9. The molecule has 0 nitrogen and oxygen atoms in total. The van der Waals surface area contributed by atoms with Crippen molar-refractivity contribution < 1.29 is 67.5 Å². The Morgan fingerprint density at radius 3 is 0.944 bits per heavy atom. The van der Waals surface area contributed by atoms with Gasteiger partial charge in [-0.1, -0.05) is 0 Å². The van der Waals surface area contributed by atoms with Gasteiger partial charge in [0, 0.05) is 0 Å². The van der Waals surface area contributed by atoms with Crippen LogP contribution in [0.3, 0.4) is 0 Å². The molecule has 0 heterocycles. The Morgan fingerprint density at radius 2 is 0.778 bits per heavy atom. The molecule has 0 radical (unpaired) electrons. The Hall–Kier alpha value is 2.41. The minimum atomic E-state index is -0.552. The Morgan fingerprint density at radius 1 is 0.556 bits per heavy atom. The molecule has 0 aromatic heterocycles. The summed E-state index contributed by atoms with van der Waals surface area (Å²) in [6.45, 7) is 6.99. The first-order chi connectivity index (χ1) is 6.35. The molecule has 0 unspecified atom stereocenters. The first-order valence-corrected chi connectivity index (χ1v) is 9.49. The van der Waals surface area contributed by atoms with Gasteiger partial charge in [0.05, 0.1) is 0 Å². The van der Waals surface area contributed by atoms with E-state index < -0.39 is 17.9 Å². The van der Waals surface area contributed by atoms with Crippen molar-refractivity contribution >= 4 is 17.4 Å². The molecule has 0 aromatic rings. The van der Waals surface area contributed by atoms with Gasteiger partial charge < -0.3 is 49.6 Å². The number of hydrogen-bond acceptors (Lipinski definition) is 0. The standard InChI is InChI=1S/3C4H9.Al.4ClH.Ti/c3*1-3-4-2;;;;;;/h3*1,3-4H2,2H3;;4*1H;/q;;;+3;;;;;+1/p-4. The molecule has 0 saturated heterocycles. The van der Waals surface area contributed by atoms with Crippen LogP contribution in [0.2, 0.25) is 14.2 Å². The largest absolute Gasteiger partial charge is 3.00 e. The summed E-state index contributed by atoms with van der Waals surface area (Å²) < 4.78 is 4.95. The van der Waals surface area contributed by atoms with Gasteiger partial charge in [-0.05, 0) is 0 Å². The van der Waals surface area contributed by atoms with Crippen molar-refractivity contribution in [2.24, 2.45) is 0 Å². The van der Waals surface area contributed by atoms with Crippen molar-refractivity contribution in [2.45, 2.75) is 73.5 Å². The van der Waals surface area contributed by atoms with Crippen molar-refractivity contribution in [3.63, 3.8) is 0 Å². The third kappa shape index (κ3) is 26.9. The Balaban J connectivity index is -0.0000000720. The SMILES string of the molecule is CCC[CH2][Ti+]([CH2]CCC)[CH2]CCC.[Al+3].[Cl-].[Cl-].[Cl-].[Cl-]. The minimum Gasteiger partial charge on any atom is -1.00 e. The molecular weight excluding hydrogens is 361 g/mol. The van der Waals surface area contributed by atoms with E-state index in [9.17, 15) is 0 Å². The van der Waals surface area contributed by atoms with Gasteiger partial charge in [-0.15, -0.1) is 0 Å². The van der Waals surface area contributed by atoms with Crippen molar-refractivity contribution in [3.05, 3.63) is 0 Å². The zero-order chi connectivity index (χ0) is 9.94. The van der Waals surface area contributed by atoms with Crippen molar-refractivity contribution in [1.29, 1.82) is 0 Å². The van der Waals surface area contributed by atoms with E-state index in [0.29, 0.717) is 0 Å². The van der Waals surface area contributed by atoms with Gasteiger partial charge in [-0.25, -0.2) is 0 Å². The van der Waals surface area contributed by atoms with Crippen LogP contribution in [0.5, 0.6) is 0 Å². The third-order valence-corrected chi connectivity index (χ3v) is 7.62. The Labute approximate surface area is 157 Å². The molecule has 6 heteroatoms. The maximum atomic E-state index is 2.33. The number of halogens is 4. The summed E-state index contributed by atoms with van der Waals surface area (Å²) in [5.41, 5.74) is 0. The molecule has 0 rings (SSSR count). The zero-order valence-corrected chi connectivity index (χ0v) is 17.7. The fourth-order valence-corrected chi connectivity index (χ4v) is 6.83. The van der Waals surface area contributed by atoms with Crippen LogP contribution in [0.15, 0.2) is 0 Å². The van der Waals surface area contributed by atoms with Gasteiger partial charge in [-0.2, -0.15) is 0 Å². The van der Waals surface area contributed by atoms with E-state index in [1.165, 1.54) is 38.5 Å². The monoisotopic (exact) mass is 386 g/mol. The maximum Gasteiger partial charge on any atom is 3.00 e. The molecule has 0 aromatic carbocycles. The topological polar surface area (TPSA) is 0 Å². The van der Waals surface area contributed by atoms with Gasteiger partial charge in [-0.3, -0.25) is 0 Å². The van der Waals surface area contributed by atoms with Crippen LogP contribution in [0.25, 0.3) is 0 Å². The van der Waals surface area contributed by atoms with Crippen LogP contribution >= 0.6 is 0 Å². The first kappa shape index (κ1) is 37.0. The Kier molecular flexibility index (Phi) is 65.2. The molecule has 0 spiro atoms. The van der Waals surface area contributed by atoms with Crippen LogP contribution in [0.4, 0.5) is 0 Å². The first-order valence-electron chi connectivity index (χ1n) is 6.18. The van der Waals surface area contributed by atoms with E-state index in [2.05, 4.69) is 20.8 Å². The predicted octanol–water partition coefficient (Wildman–Crippen LogP) is -7.11. The number of unbranched alkanes of at least 4 members (excludes halogenated alkanes) is 3. The quantitative estimate of drug-likeness (QED) is 0.345. The summed E-state index contributed by atoms with van der Waals surface area (Å²) in [7, 11) is 0. The Bertz CT molecular complexity index is 91.1. The molecule has 0 aliphatic carbocycles. The summed E-state index contributed by atoms with van der Waals surface area (Å²) in [6, 6.07) is 0. The molecule has 0 fully saturated rings. The molecule has 0 amide bonds. The maximum absolute atomic E-state index is 2.33. The number of hydrogen-bond donors (Lipinski definition) is 0. The van der Waals surface area contributed by atoms with Crippen LogP contribution in [-0.2, 0) is 17.9 Å². The fourth-order valence-electron chi connectivity index (χ4n) is 1.66. The fraction of sp³-hybridized carbons (Fsp3) is 1.00. The van der Waals surface area contributed by atoms with Crippen LogP contribution in [0, 0.1) is 0 Å². The summed E-state index contributed by atoms with van der Waals surface area (Å²) in [5.74, 6) is 0. The van der Waals surface area contributed by atoms with Gasteiger partial charge >= 0.3 is 109 Å². The molecule has 0 bridgehead atoms. The predicted molar refractivity (Wildman–Crippen MR) is 64.9 cm³/mol. The van der Waals surface area contributed by atoms with Crippen LogP contribution in [-0.4, -0.2) is 17.4 Å².